The lowest BCUT2D eigenvalue weighted by Crippen LogP contribution is -2.44. The molecule has 146 valence electrons. The largest absolute Gasteiger partial charge is 0.322 e. The van der Waals surface area contributed by atoms with E-state index in [-0.39, 0.29) is 11.1 Å². The molecule has 1 amide bonds. The molecule has 5 nitrogen and oxygen atoms in total. The molecular formula is C21H22F2N4O. The lowest BCUT2D eigenvalue weighted by molar-refractivity contribution is 0.102. The van der Waals surface area contributed by atoms with Crippen LogP contribution < -0.4 is 5.32 Å². The van der Waals surface area contributed by atoms with Gasteiger partial charge in [-0.25, -0.2) is 8.78 Å². The van der Waals surface area contributed by atoms with Crippen molar-refractivity contribution >= 4 is 11.6 Å². The lowest BCUT2D eigenvalue weighted by atomic mass is 10.0. The first-order chi connectivity index (χ1) is 13.4. The van der Waals surface area contributed by atoms with Gasteiger partial charge in [0.2, 0.25) is 0 Å². The smallest absolute Gasteiger partial charge is 0.255 e. The topological polar surface area (TPSA) is 59.4 Å². The normalized spacial score (nSPS) is 15.2. The molecule has 0 bridgehead atoms. The van der Waals surface area contributed by atoms with E-state index in [2.05, 4.69) is 22.2 Å². The molecule has 1 N–H and O–H groups in total. The van der Waals surface area contributed by atoms with Crippen LogP contribution in [0.4, 0.5) is 14.5 Å². The van der Waals surface area contributed by atoms with Crippen LogP contribution in [-0.4, -0.2) is 48.9 Å². The fourth-order valence-electron chi connectivity index (χ4n) is 3.22. The van der Waals surface area contributed by atoms with Crippen molar-refractivity contribution in [1.82, 2.24) is 9.80 Å². The molecule has 7 heteroatoms. The first-order valence-corrected chi connectivity index (χ1v) is 9.08. The number of likely N-dealkylation sites (N-methyl/N-ethyl adjacent to an activating group) is 1. The number of rotatable bonds is 4. The summed E-state index contributed by atoms with van der Waals surface area (Å²) in [6.45, 7) is 6.18. The maximum atomic E-state index is 14.2. The van der Waals surface area contributed by atoms with E-state index in [1.807, 2.05) is 6.92 Å². The molecule has 2 aromatic rings. The summed E-state index contributed by atoms with van der Waals surface area (Å²) in [6, 6.07) is 8.03. The zero-order chi connectivity index (χ0) is 20.3. The molecule has 28 heavy (non-hydrogen) atoms. The van der Waals surface area contributed by atoms with Crippen molar-refractivity contribution in [2.45, 2.75) is 13.5 Å². The number of nitriles is 1. The second kappa shape index (κ2) is 8.46. The van der Waals surface area contributed by atoms with Gasteiger partial charge in [-0.05, 0) is 55.4 Å². The van der Waals surface area contributed by atoms with Crippen molar-refractivity contribution in [1.29, 1.82) is 5.26 Å². The molecule has 1 saturated heterocycles. The standard InChI is InChI=1S/C21H22F2N4O/c1-14-17(13-27-7-5-26(2)6-8-27)10-18(22)11-20(14)25-21(28)15-3-4-19(23)16(9-15)12-24/h3-4,9-11H,5-8,13H2,1-2H3,(H,25,28). The molecule has 1 aliphatic heterocycles. The molecule has 3 rings (SSSR count). The maximum Gasteiger partial charge on any atom is 0.255 e. The van der Waals surface area contributed by atoms with Gasteiger partial charge in [-0.2, -0.15) is 5.26 Å². The van der Waals surface area contributed by atoms with E-state index in [9.17, 15) is 13.6 Å². The fraction of sp³-hybridized carbons (Fsp3) is 0.333. The van der Waals surface area contributed by atoms with E-state index in [1.165, 1.54) is 24.3 Å². The van der Waals surface area contributed by atoms with Crippen molar-refractivity contribution in [3.8, 4) is 6.07 Å². The Morgan fingerprint density at radius 3 is 2.57 bits per heavy atom. The molecule has 0 atom stereocenters. The van der Waals surface area contributed by atoms with Crippen LogP contribution in [0.2, 0.25) is 0 Å². The lowest BCUT2D eigenvalue weighted by Gasteiger charge is -2.32. The van der Waals surface area contributed by atoms with Crippen molar-refractivity contribution in [2.24, 2.45) is 0 Å². The van der Waals surface area contributed by atoms with Crippen LogP contribution in [0.1, 0.15) is 27.0 Å². The van der Waals surface area contributed by atoms with Gasteiger partial charge in [0.25, 0.3) is 5.91 Å². The number of nitrogens with zero attached hydrogens (tertiary/aromatic N) is 3. The molecule has 0 aliphatic carbocycles. The summed E-state index contributed by atoms with van der Waals surface area (Å²) in [5.74, 6) is -1.63. The van der Waals surface area contributed by atoms with Gasteiger partial charge in [-0.15, -0.1) is 0 Å². The van der Waals surface area contributed by atoms with E-state index < -0.39 is 17.5 Å². The van der Waals surface area contributed by atoms with Crippen molar-refractivity contribution < 1.29 is 13.6 Å². The Hall–Kier alpha value is -2.82. The van der Waals surface area contributed by atoms with Crippen LogP contribution in [0.3, 0.4) is 0 Å². The minimum atomic E-state index is -0.685. The highest BCUT2D eigenvalue weighted by molar-refractivity contribution is 6.04. The quantitative estimate of drug-likeness (QED) is 0.880. The molecule has 0 saturated carbocycles. The predicted octanol–water partition coefficient (Wildman–Crippen LogP) is 3.14. The highest BCUT2D eigenvalue weighted by atomic mass is 19.1. The van der Waals surface area contributed by atoms with Gasteiger partial charge in [0.05, 0.1) is 5.56 Å². The van der Waals surface area contributed by atoms with Crippen LogP contribution in [-0.2, 0) is 6.54 Å². The molecule has 1 fully saturated rings. The van der Waals surface area contributed by atoms with E-state index in [0.29, 0.717) is 12.2 Å². The molecule has 1 aliphatic rings. The first-order valence-electron chi connectivity index (χ1n) is 9.08. The molecule has 0 aromatic heterocycles. The number of carbonyl (C=O) groups is 1. The SMILES string of the molecule is Cc1c(CN2CCN(C)CC2)cc(F)cc1NC(=O)c1ccc(F)c(C#N)c1. The Labute approximate surface area is 163 Å². The Morgan fingerprint density at radius 2 is 1.89 bits per heavy atom. The Kier molecular flexibility index (Phi) is 6.02. The molecule has 0 spiro atoms. The molecule has 2 aromatic carbocycles. The van der Waals surface area contributed by atoms with E-state index in [0.717, 1.165) is 43.4 Å². The number of benzene rings is 2. The third-order valence-corrected chi connectivity index (χ3v) is 5.07. The van der Waals surface area contributed by atoms with E-state index in [1.54, 1.807) is 6.07 Å². The predicted molar refractivity (Wildman–Crippen MR) is 103 cm³/mol. The molecular weight excluding hydrogens is 362 g/mol. The summed E-state index contributed by atoms with van der Waals surface area (Å²) in [5, 5.41) is 11.6. The number of nitrogens with one attached hydrogen (secondary N) is 1. The summed E-state index contributed by atoms with van der Waals surface area (Å²) in [5.41, 5.74) is 1.91. The number of halogens is 2. The van der Waals surface area contributed by atoms with Crippen LogP contribution in [0.15, 0.2) is 30.3 Å². The minimum absolute atomic E-state index is 0.141. The van der Waals surface area contributed by atoms with Crippen LogP contribution in [0.5, 0.6) is 0 Å². The second-order valence-corrected chi connectivity index (χ2v) is 7.08. The Morgan fingerprint density at radius 1 is 1.18 bits per heavy atom. The number of piperazine rings is 1. The number of hydrogen-bond acceptors (Lipinski definition) is 4. The maximum absolute atomic E-state index is 14.2. The minimum Gasteiger partial charge on any atom is -0.322 e. The van der Waals surface area contributed by atoms with Crippen LogP contribution in [0, 0.1) is 29.9 Å². The number of carbonyl (C=O) groups excluding carboxylic acids is 1. The van der Waals surface area contributed by atoms with Gasteiger partial charge in [0, 0.05) is 44.0 Å². The second-order valence-electron chi connectivity index (χ2n) is 7.08. The van der Waals surface area contributed by atoms with E-state index >= 15 is 0 Å². The zero-order valence-electron chi connectivity index (χ0n) is 15.9. The number of amides is 1. The van der Waals surface area contributed by atoms with Gasteiger partial charge >= 0.3 is 0 Å². The summed E-state index contributed by atoms with van der Waals surface area (Å²) in [4.78, 5) is 17.0. The molecule has 0 unspecified atom stereocenters. The number of hydrogen-bond donors (Lipinski definition) is 1. The summed E-state index contributed by atoms with van der Waals surface area (Å²) in [7, 11) is 2.07. The zero-order valence-corrected chi connectivity index (χ0v) is 15.9. The highest BCUT2D eigenvalue weighted by Crippen LogP contribution is 2.24. The first kappa shape index (κ1) is 19.9. The monoisotopic (exact) mass is 384 g/mol. The summed E-state index contributed by atoms with van der Waals surface area (Å²) in [6.07, 6.45) is 0. The summed E-state index contributed by atoms with van der Waals surface area (Å²) >= 11 is 0. The van der Waals surface area contributed by atoms with Gasteiger partial charge in [-0.3, -0.25) is 9.69 Å². The average Bonchev–Trinajstić information content (AvgIpc) is 2.67. The highest BCUT2D eigenvalue weighted by Gasteiger charge is 2.18. The fourth-order valence-corrected chi connectivity index (χ4v) is 3.22. The van der Waals surface area contributed by atoms with Gasteiger partial charge in [0.15, 0.2) is 0 Å². The summed E-state index contributed by atoms with van der Waals surface area (Å²) < 4.78 is 27.6. The van der Waals surface area contributed by atoms with Crippen molar-refractivity contribution in [2.75, 3.05) is 38.5 Å². The third kappa shape index (κ3) is 4.53. The Bertz CT molecular complexity index is 931. The number of anilines is 1. The van der Waals surface area contributed by atoms with Crippen LogP contribution in [0.25, 0.3) is 0 Å². The average molecular weight is 384 g/mol. The van der Waals surface area contributed by atoms with Gasteiger partial charge in [-0.1, -0.05) is 0 Å². The van der Waals surface area contributed by atoms with Crippen molar-refractivity contribution in [3.63, 3.8) is 0 Å². The van der Waals surface area contributed by atoms with Gasteiger partial charge in [0.1, 0.15) is 17.7 Å². The molecule has 0 radical (unpaired) electrons. The van der Waals surface area contributed by atoms with Gasteiger partial charge < -0.3 is 10.2 Å². The molecule has 1 heterocycles. The van der Waals surface area contributed by atoms with Crippen molar-refractivity contribution in [3.05, 3.63) is 64.2 Å². The third-order valence-electron chi connectivity index (χ3n) is 5.07. The Balaban J connectivity index is 1.79. The van der Waals surface area contributed by atoms with E-state index in [4.69, 9.17) is 5.26 Å². The van der Waals surface area contributed by atoms with Crippen LogP contribution >= 0.6 is 0 Å².